The van der Waals surface area contributed by atoms with Crippen molar-refractivity contribution in [3.63, 3.8) is 0 Å². The van der Waals surface area contributed by atoms with E-state index in [0.29, 0.717) is 18.8 Å². The molecule has 0 spiro atoms. The molecule has 16 heavy (non-hydrogen) atoms. The molecule has 1 aromatic rings. The van der Waals surface area contributed by atoms with Gasteiger partial charge in [-0.15, -0.1) is 0 Å². The third-order valence-electron chi connectivity index (χ3n) is 1.98. The number of benzene rings is 1. The monoisotopic (exact) mass is 286 g/mol. The van der Waals surface area contributed by atoms with E-state index >= 15 is 0 Å². The van der Waals surface area contributed by atoms with Gasteiger partial charge in [-0.3, -0.25) is 4.79 Å². The van der Waals surface area contributed by atoms with Crippen molar-refractivity contribution in [1.29, 1.82) is 0 Å². The van der Waals surface area contributed by atoms with Crippen LogP contribution in [-0.4, -0.2) is 19.1 Å². The summed E-state index contributed by atoms with van der Waals surface area (Å²) in [7, 11) is 0. The normalized spacial score (nSPS) is 9.94. The van der Waals surface area contributed by atoms with Crippen LogP contribution in [0.4, 0.5) is 0 Å². The summed E-state index contributed by atoms with van der Waals surface area (Å²) in [5.74, 6) is 0.519. The summed E-state index contributed by atoms with van der Waals surface area (Å²) in [5, 5.41) is 2.66. The number of nitrogens with two attached hydrogens (primary N) is 1. The molecule has 1 aromatic carbocycles. The maximum absolute atomic E-state index is 11.2. The lowest BCUT2D eigenvalue weighted by atomic mass is 10.2. The minimum Gasteiger partial charge on any atom is -0.483 e. The molecule has 0 aliphatic rings. The van der Waals surface area contributed by atoms with E-state index in [4.69, 9.17) is 10.5 Å². The lowest BCUT2D eigenvalue weighted by molar-refractivity contribution is -0.122. The van der Waals surface area contributed by atoms with E-state index < -0.39 is 0 Å². The third-order valence-corrected chi connectivity index (χ3v) is 2.47. The van der Waals surface area contributed by atoms with Crippen molar-refractivity contribution in [3.05, 3.63) is 28.2 Å². The summed E-state index contributed by atoms with van der Waals surface area (Å²) < 4.78 is 6.33. The standard InChI is InChI=1S/C11H15BrN2O2/c1-2-14-11(15)7-16-10-4-3-9(12)5-8(10)6-13/h3-5H,2,6-7,13H2,1H3,(H,14,15). The fourth-order valence-corrected chi connectivity index (χ4v) is 1.65. The number of ether oxygens (including phenoxy) is 1. The SMILES string of the molecule is CCNC(=O)COc1ccc(Br)cc1CN. The molecule has 0 unspecified atom stereocenters. The first-order valence-electron chi connectivity index (χ1n) is 5.05. The molecule has 3 N–H and O–H groups in total. The second kappa shape index (κ2) is 6.50. The summed E-state index contributed by atoms with van der Waals surface area (Å²) in [4.78, 5) is 11.2. The second-order valence-corrected chi connectivity index (χ2v) is 4.11. The molecule has 0 atom stereocenters. The predicted octanol–water partition coefficient (Wildman–Crippen LogP) is 1.42. The summed E-state index contributed by atoms with van der Waals surface area (Å²) >= 11 is 3.35. The van der Waals surface area contributed by atoms with Gasteiger partial charge in [-0.2, -0.15) is 0 Å². The number of carbonyl (C=O) groups excluding carboxylic acids is 1. The van der Waals surface area contributed by atoms with Crippen LogP contribution in [-0.2, 0) is 11.3 Å². The fraction of sp³-hybridized carbons (Fsp3) is 0.364. The third kappa shape index (κ3) is 3.83. The van der Waals surface area contributed by atoms with Gasteiger partial charge in [0.25, 0.3) is 5.91 Å². The number of nitrogens with one attached hydrogen (secondary N) is 1. The number of amides is 1. The zero-order chi connectivity index (χ0) is 12.0. The Balaban J connectivity index is 2.63. The molecule has 0 aliphatic carbocycles. The van der Waals surface area contributed by atoms with E-state index in [1.165, 1.54) is 0 Å². The zero-order valence-corrected chi connectivity index (χ0v) is 10.7. The first-order chi connectivity index (χ1) is 7.67. The lowest BCUT2D eigenvalue weighted by Crippen LogP contribution is -2.28. The van der Waals surface area contributed by atoms with Crippen molar-refractivity contribution in [3.8, 4) is 5.75 Å². The van der Waals surface area contributed by atoms with Gasteiger partial charge in [0.1, 0.15) is 5.75 Å². The van der Waals surface area contributed by atoms with Crippen LogP contribution in [0.2, 0.25) is 0 Å². The van der Waals surface area contributed by atoms with E-state index in [9.17, 15) is 4.79 Å². The van der Waals surface area contributed by atoms with Gasteiger partial charge in [0.15, 0.2) is 6.61 Å². The Morgan fingerprint density at radius 2 is 2.31 bits per heavy atom. The van der Waals surface area contributed by atoms with Crippen molar-refractivity contribution < 1.29 is 9.53 Å². The maximum atomic E-state index is 11.2. The van der Waals surface area contributed by atoms with Crippen molar-refractivity contribution in [2.75, 3.05) is 13.2 Å². The largest absolute Gasteiger partial charge is 0.483 e. The topological polar surface area (TPSA) is 64.3 Å². The Morgan fingerprint density at radius 3 is 2.94 bits per heavy atom. The summed E-state index contributed by atoms with van der Waals surface area (Å²) in [6, 6.07) is 5.53. The summed E-state index contributed by atoms with van der Waals surface area (Å²) in [5.41, 5.74) is 6.46. The number of hydrogen-bond acceptors (Lipinski definition) is 3. The first kappa shape index (κ1) is 13.0. The van der Waals surface area contributed by atoms with Gasteiger partial charge in [0.05, 0.1) is 0 Å². The highest BCUT2D eigenvalue weighted by Crippen LogP contribution is 2.22. The maximum Gasteiger partial charge on any atom is 0.257 e. The minimum atomic E-state index is -0.131. The van der Waals surface area contributed by atoms with Gasteiger partial charge in [-0.05, 0) is 25.1 Å². The summed E-state index contributed by atoms with van der Waals surface area (Å²) in [6.45, 7) is 2.86. The van der Waals surface area contributed by atoms with Gasteiger partial charge in [0, 0.05) is 23.1 Å². The van der Waals surface area contributed by atoms with Crippen LogP contribution in [0.5, 0.6) is 5.75 Å². The van der Waals surface area contributed by atoms with Crippen LogP contribution in [0.1, 0.15) is 12.5 Å². The average Bonchev–Trinajstić information content (AvgIpc) is 2.27. The van der Waals surface area contributed by atoms with E-state index in [0.717, 1.165) is 10.0 Å². The average molecular weight is 287 g/mol. The highest BCUT2D eigenvalue weighted by atomic mass is 79.9. The lowest BCUT2D eigenvalue weighted by Gasteiger charge is -2.10. The van der Waals surface area contributed by atoms with Crippen LogP contribution in [0, 0.1) is 0 Å². The van der Waals surface area contributed by atoms with Crippen molar-refractivity contribution >= 4 is 21.8 Å². The van der Waals surface area contributed by atoms with Crippen LogP contribution in [0.25, 0.3) is 0 Å². The van der Waals surface area contributed by atoms with E-state index in [1.54, 1.807) is 6.07 Å². The van der Waals surface area contributed by atoms with E-state index in [-0.39, 0.29) is 12.5 Å². The Bertz CT molecular complexity index is 369. The number of likely N-dealkylation sites (N-methyl/N-ethyl adjacent to an activating group) is 1. The zero-order valence-electron chi connectivity index (χ0n) is 9.13. The van der Waals surface area contributed by atoms with Gasteiger partial charge in [-0.25, -0.2) is 0 Å². The molecule has 0 fully saturated rings. The Morgan fingerprint density at radius 1 is 1.56 bits per heavy atom. The molecule has 0 saturated heterocycles. The predicted molar refractivity (Wildman–Crippen MR) is 66.2 cm³/mol. The second-order valence-electron chi connectivity index (χ2n) is 3.20. The van der Waals surface area contributed by atoms with Crippen LogP contribution in [0.15, 0.2) is 22.7 Å². The van der Waals surface area contributed by atoms with Crippen LogP contribution in [0.3, 0.4) is 0 Å². The summed E-state index contributed by atoms with van der Waals surface area (Å²) in [6.07, 6.45) is 0. The Hall–Kier alpha value is -1.07. The highest BCUT2D eigenvalue weighted by molar-refractivity contribution is 9.10. The molecule has 5 heteroatoms. The number of hydrogen-bond donors (Lipinski definition) is 2. The minimum absolute atomic E-state index is 0.0163. The van der Waals surface area contributed by atoms with Crippen LogP contribution >= 0.6 is 15.9 Å². The molecule has 0 heterocycles. The molecule has 1 rings (SSSR count). The van der Waals surface area contributed by atoms with E-state index in [2.05, 4.69) is 21.2 Å². The molecular formula is C11H15BrN2O2. The van der Waals surface area contributed by atoms with E-state index in [1.807, 2.05) is 19.1 Å². The van der Waals surface area contributed by atoms with Crippen molar-refractivity contribution in [1.82, 2.24) is 5.32 Å². The van der Waals surface area contributed by atoms with Crippen molar-refractivity contribution in [2.45, 2.75) is 13.5 Å². The molecule has 0 bridgehead atoms. The van der Waals surface area contributed by atoms with Gasteiger partial charge in [0.2, 0.25) is 0 Å². The molecule has 88 valence electrons. The van der Waals surface area contributed by atoms with Gasteiger partial charge < -0.3 is 15.8 Å². The molecule has 0 radical (unpaired) electrons. The van der Waals surface area contributed by atoms with Crippen LogP contribution < -0.4 is 15.8 Å². The first-order valence-corrected chi connectivity index (χ1v) is 5.84. The number of carbonyl (C=O) groups is 1. The van der Waals surface area contributed by atoms with Crippen molar-refractivity contribution in [2.24, 2.45) is 5.73 Å². The molecule has 0 aromatic heterocycles. The smallest absolute Gasteiger partial charge is 0.257 e. The fourth-order valence-electron chi connectivity index (χ4n) is 1.24. The highest BCUT2D eigenvalue weighted by Gasteiger charge is 2.05. The Kier molecular flexibility index (Phi) is 5.28. The van der Waals surface area contributed by atoms with Gasteiger partial charge in [-0.1, -0.05) is 15.9 Å². The number of halogens is 1. The molecular weight excluding hydrogens is 272 g/mol. The molecule has 1 amide bonds. The quantitative estimate of drug-likeness (QED) is 0.861. The molecule has 0 saturated carbocycles. The van der Waals surface area contributed by atoms with Gasteiger partial charge >= 0.3 is 0 Å². The molecule has 4 nitrogen and oxygen atoms in total. The molecule has 0 aliphatic heterocycles. The Labute approximate surface area is 103 Å². The number of rotatable bonds is 5.